The molecule has 0 bridgehead atoms. The van der Waals surface area contributed by atoms with E-state index in [1.165, 1.54) is 11.6 Å². The summed E-state index contributed by atoms with van der Waals surface area (Å²) in [6.45, 7) is 1.93. The second-order valence-electron chi connectivity index (χ2n) is 4.99. The quantitative estimate of drug-likeness (QED) is 0.385. The van der Waals surface area contributed by atoms with Crippen molar-refractivity contribution < 1.29 is 14.8 Å². The molecule has 0 aliphatic carbocycles. The zero-order chi connectivity index (χ0) is 16.7. The van der Waals surface area contributed by atoms with Crippen molar-refractivity contribution in [3.63, 3.8) is 0 Å². The number of amides is 1. The lowest BCUT2D eigenvalue weighted by molar-refractivity contribution is -0.124. The molecule has 0 aromatic heterocycles. The van der Waals surface area contributed by atoms with Gasteiger partial charge in [0, 0.05) is 11.6 Å². The molecule has 0 atom stereocenters. The van der Waals surface area contributed by atoms with Gasteiger partial charge in [-0.3, -0.25) is 14.8 Å². The monoisotopic (exact) mass is 307 g/mol. The summed E-state index contributed by atoms with van der Waals surface area (Å²) in [7, 11) is 0. The van der Waals surface area contributed by atoms with Crippen LogP contribution in [-0.2, 0) is 4.79 Å². The summed E-state index contributed by atoms with van der Waals surface area (Å²) in [4.78, 5) is 23.0. The number of benzene rings is 2. The Labute approximate surface area is 134 Å². The first kappa shape index (κ1) is 16.4. The van der Waals surface area contributed by atoms with E-state index in [1.807, 2.05) is 43.3 Å². The Hall–Kier alpha value is -2.98. The first-order chi connectivity index (χ1) is 11.1. The number of rotatable bonds is 5. The third-order valence-corrected chi connectivity index (χ3v) is 3.30. The van der Waals surface area contributed by atoms with Gasteiger partial charge in [-0.25, -0.2) is 5.48 Å². The van der Waals surface area contributed by atoms with Crippen molar-refractivity contribution in [2.24, 2.45) is 0 Å². The second kappa shape index (κ2) is 7.87. The molecule has 0 aliphatic rings. The first-order valence-corrected chi connectivity index (χ1v) is 7.10. The Morgan fingerprint density at radius 2 is 1.74 bits per heavy atom. The number of hydroxylamine groups is 1. The molecule has 2 aromatic carbocycles. The first-order valence-electron chi connectivity index (χ1n) is 7.10. The van der Waals surface area contributed by atoms with Gasteiger partial charge in [0.25, 0.3) is 5.91 Å². The highest BCUT2D eigenvalue weighted by Gasteiger charge is 2.01. The van der Waals surface area contributed by atoms with Crippen LogP contribution in [0.25, 0.3) is 12.2 Å². The Balaban J connectivity index is 2.12. The van der Waals surface area contributed by atoms with Gasteiger partial charge in [0.1, 0.15) is 0 Å². The lowest BCUT2D eigenvalue weighted by Crippen LogP contribution is -2.14. The largest absolute Gasteiger partial charge is 0.289 e. The summed E-state index contributed by atoms with van der Waals surface area (Å²) in [5, 5.41) is 8.44. The number of hydrogen-bond donors (Lipinski definition) is 2. The number of carbonyl (C=O) groups excluding carboxylic acids is 2. The molecule has 0 fully saturated rings. The molecule has 116 valence electrons. The molecule has 1 amide bonds. The summed E-state index contributed by atoms with van der Waals surface area (Å²) in [5.41, 5.74) is 4.92. The molecule has 0 heterocycles. The molecule has 0 spiro atoms. The van der Waals surface area contributed by atoms with Crippen LogP contribution in [0.4, 0.5) is 0 Å². The Bertz CT molecular complexity index is 761. The fourth-order valence-corrected chi connectivity index (χ4v) is 2.06. The van der Waals surface area contributed by atoms with Crippen LogP contribution < -0.4 is 5.48 Å². The van der Waals surface area contributed by atoms with Gasteiger partial charge in [0.15, 0.2) is 5.78 Å². The minimum Gasteiger partial charge on any atom is -0.289 e. The molecule has 4 nitrogen and oxygen atoms in total. The van der Waals surface area contributed by atoms with Crippen LogP contribution in [0.5, 0.6) is 0 Å². The van der Waals surface area contributed by atoms with Crippen LogP contribution >= 0.6 is 0 Å². The lowest BCUT2D eigenvalue weighted by Gasteiger charge is -2.02. The van der Waals surface area contributed by atoms with Crippen LogP contribution in [0, 0.1) is 6.92 Å². The van der Waals surface area contributed by atoms with Gasteiger partial charge in [-0.1, -0.05) is 54.6 Å². The van der Waals surface area contributed by atoms with Gasteiger partial charge in [0.2, 0.25) is 0 Å². The Morgan fingerprint density at radius 3 is 2.39 bits per heavy atom. The molecule has 0 saturated carbocycles. The van der Waals surface area contributed by atoms with Crippen LogP contribution in [-0.4, -0.2) is 16.9 Å². The molecular formula is C19H17NO3. The van der Waals surface area contributed by atoms with Gasteiger partial charge >= 0.3 is 0 Å². The molecule has 0 radical (unpaired) electrons. The lowest BCUT2D eigenvalue weighted by atomic mass is 10.0. The minimum atomic E-state index is -0.583. The van der Waals surface area contributed by atoms with E-state index in [4.69, 9.17) is 5.21 Å². The van der Waals surface area contributed by atoms with Gasteiger partial charge < -0.3 is 0 Å². The molecule has 23 heavy (non-hydrogen) atoms. The van der Waals surface area contributed by atoms with Gasteiger partial charge in [-0.15, -0.1) is 0 Å². The molecule has 2 aromatic rings. The third-order valence-electron chi connectivity index (χ3n) is 3.30. The third kappa shape index (κ3) is 4.76. The molecule has 0 saturated heterocycles. The zero-order valence-electron chi connectivity index (χ0n) is 12.7. The maximum atomic E-state index is 12.0. The predicted molar refractivity (Wildman–Crippen MR) is 89.9 cm³/mol. The highest BCUT2D eigenvalue weighted by atomic mass is 16.5. The number of carbonyl (C=O) groups is 2. The standard InChI is InChI=1S/C19H17NO3/c1-14-13-15(8-12-19(22)20-23)7-9-16(14)10-11-18(21)17-5-3-2-4-6-17/h2-13,23H,1H3,(H,20,22). The van der Waals surface area contributed by atoms with E-state index in [1.54, 1.807) is 30.4 Å². The number of nitrogens with one attached hydrogen (secondary N) is 1. The Kier molecular flexibility index (Phi) is 5.61. The van der Waals surface area contributed by atoms with E-state index >= 15 is 0 Å². The highest BCUT2D eigenvalue weighted by Crippen LogP contribution is 2.14. The van der Waals surface area contributed by atoms with Crippen molar-refractivity contribution in [2.45, 2.75) is 6.92 Å². The average Bonchev–Trinajstić information content (AvgIpc) is 2.59. The smallest absolute Gasteiger partial charge is 0.267 e. The predicted octanol–water partition coefficient (Wildman–Crippen LogP) is 3.41. The van der Waals surface area contributed by atoms with E-state index in [2.05, 4.69) is 0 Å². The summed E-state index contributed by atoms with van der Waals surface area (Å²) in [5.74, 6) is -0.631. The van der Waals surface area contributed by atoms with Gasteiger partial charge in [0.05, 0.1) is 0 Å². The van der Waals surface area contributed by atoms with Crippen molar-refractivity contribution >= 4 is 23.8 Å². The summed E-state index contributed by atoms with van der Waals surface area (Å²) < 4.78 is 0. The van der Waals surface area contributed by atoms with Crippen molar-refractivity contribution in [3.8, 4) is 0 Å². The minimum absolute atomic E-state index is 0.0476. The highest BCUT2D eigenvalue weighted by molar-refractivity contribution is 6.06. The van der Waals surface area contributed by atoms with E-state index in [9.17, 15) is 9.59 Å². The van der Waals surface area contributed by atoms with Crippen molar-refractivity contribution in [3.05, 3.63) is 82.9 Å². The molecular weight excluding hydrogens is 290 g/mol. The van der Waals surface area contributed by atoms with Crippen LogP contribution in [0.1, 0.15) is 27.0 Å². The van der Waals surface area contributed by atoms with E-state index in [-0.39, 0.29) is 5.78 Å². The molecule has 0 aliphatic heterocycles. The SMILES string of the molecule is Cc1cc(C=CC(=O)NO)ccc1C=CC(=O)c1ccccc1. The normalized spacial score (nSPS) is 11.0. The molecule has 2 N–H and O–H groups in total. The zero-order valence-corrected chi connectivity index (χ0v) is 12.7. The van der Waals surface area contributed by atoms with E-state index < -0.39 is 5.91 Å². The summed E-state index contributed by atoms with van der Waals surface area (Å²) >= 11 is 0. The Morgan fingerprint density at radius 1 is 1.00 bits per heavy atom. The fraction of sp³-hybridized carbons (Fsp3) is 0.0526. The summed E-state index contributed by atoms with van der Waals surface area (Å²) in [6, 6.07) is 14.7. The van der Waals surface area contributed by atoms with E-state index in [0.717, 1.165) is 16.7 Å². The second-order valence-corrected chi connectivity index (χ2v) is 4.99. The topological polar surface area (TPSA) is 66.4 Å². The number of aryl methyl sites for hydroxylation is 1. The summed E-state index contributed by atoms with van der Waals surface area (Å²) in [6.07, 6.45) is 6.16. The van der Waals surface area contributed by atoms with Gasteiger partial charge in [-0.05, 0) is 35.8 Å². The van der Waals surface area contributed by atoms with Crippen LogP contribution in [0.2, 0.25) is 0 Å². The van der Waals surface area contributed by atoms with Gasteiger partial charge in [-0.2, -0.15) is 0 Å². The van der Waals surface area contributed by atoms with Crippen LogP contribution in [0.15, 0.2) is 60.7 Å². The average molecular weight is 307 g/mol. The molecule has 0 unspecified atom stereocenters. The van der Waals surface area contributed by atoms with Crippen molar-refractivity contribution in [1.82, 2.24) is 5.48 Å². The maximum absolute atomic E-state index is 12.0. The molecule has 4 heteroatoms. The van der Waals surface area contributed by atoms with Crippen molar-refractivity contribution in [1.29, 1.82) is 0 Å². The van der Waals surface area contributed by atoms with Crippen molar-refractivity contribution in [2.75, 3.05) is 0 Å². The fourth-order valence-electron chi connectivity index (χ4n) is 2.06. The number of allylic oxidation sites excluding steroid dienone is 1. The number of ketones is 1. The van der Waals surface area contributed by atoms with E-state index in [0.29, 0.717) is 5.56 Å². The molecule has 2 rings (SSSR count). The number of hydrogen-bond acceptors (Lipinski definition) is 3. The van der Waals surface area contributed by atoms with Crippen LogP contribution in [0.3, 0.4) is 0 Å². The maximum Gasteiger partial charge on any atom is 0.267 e.